The topological polar surface area (TPSA) is 46.9 Å². The molecule has 0 aliphatic carbocycles. The highest BCUT2D eigenvalue weighted by Gasteiger charge is 2.16. The van der Waals surface area contributed by atoms with Crippen molar-refractivity contribution in [2.45, 2.75) is 13.8 Å². The summed E-state index contributed by atoms with van der Waals surface area (Å²) in [4.78, 5) is 12.0. The van der Waals surface area contributed by atoms with E-state index < -0.39 is 0 Å². The molecule has 0 saturated heterocycles. The number of aromatic nitrogens is 2. The van der Waals surface area contributed by atoms with Gasteiger partial charge in [-0.3, -0.25) is 9.48 Å². The third kappa shape index (κ3) is 2.20. The Bertz CT molecular complexity index is 543. The number of carbonyl (C=O) groups is 1. The van der Waals surface area contributed by atoms with Crippen molar-refractivity contribution in [3.05, 3.63) is 47.3 Å². The minimum Gasteiger partial charge on any atom is -0.321 e. The van der Waals surface area contributed by atoms with E-state index >= 15 is 0 Å². The van der Waals surface area contributed by atoms with Crippen molar-refractivity contribution < 1.29 is 4.79 Å². The standard InChI is InChI=1S/C13H15N3O/c1-9-10(2)16(3)15-12(9)13(17)14-11-7-5-4-6-8-11/h4-8H,1-3H3,(H,14,17). The van der Waals surface area contributed by atoms with E-state index in [4.69, 9.17) is 0 Å². The Hall–Kier alpha value is -2.10. The Balaban J connectivity index is 2.24. The van der Waals surface area contributed by atoms with Crippen LogP contribution in [0.2, 0.25) is 0 Å². The first kappa shape index (κ1) is 11.4. The van der Waals surface area contributed by atoms with Gasteiger partial charge in [0, 0.05) is 24.0 Å². The lowest BCUT2D eigenvalue weighted by Gasteiger charge is -2.02. The third-order valence-corrected chi connectivity index (χ3v) is 2.88. The first-order valence-electron chi connectivity index (χ1n) is 5.46. The van der Waals surface area contributed by atoms with Crippen LogP contribution in [0.4, 0.5) is 5.69 Å². The van der Waals surface area contributed by atoms with Gasteiger partial charge in [0.25, 0.3) is 5.91 Å². The van der Waals surface area contributed by atoms with Gasteiger partial charge in [0.1, 0.15) is 0 Å². The van der Waals surface area contributed by atoms with Crippen molar-refractivity contribution in [2.75, 3.05) is 5.32 Å². The molecule has 0 radical (unpaired) electrons. The second-order valence-corrected chi connectivity index (χ2v) is 4.00. The molecule has 17 heavy (non-hydrogen) atoms. The van der Waals surface area contributed by atoms with Gasteiger partial charge in [-0.2, -0.15) is 5.10 Å². The van der Waals surface area contributed by atoms with E-state index in [1.807, 2.05) is 51.2 Å². The van der Waals surface area contributed by atoms with Crippen LogP contribution in [0.25, 0.3) is 0 Å². The van der Waals surface area contributed by atoms with Gasteiger partial charge in [-0.05, 0) is 26.0 Å². The largest absolute Gasteiger partial charge is 0.321 e. The molecule has 0 atom stereocenters. The van der Waals surface area contributed by atoms with Gasteiger partial charge in [-0.1, -0.05) is 18.2 Å². The van der Waals surface area contributed by atoms with Crippen molar-refractivity contribution in [1.82, 2.24) is 9.78 Å². The molecule has 1 amide bonds. The first-order valence-corrected chi connectivity index (χ1v) is 5.46. The second-order valence-electron chi connectivity index (χ2n) is 4.00. The molecule has 1 aromatic carbocycles. The van der Waals surface area contributed by atoms with Crippen LogP contribution in [0.1, 0.15) is 21.7 Å². The van der Waals surface area contributed by atoms with E-state index in [1.54, 1.807) is 4.68 Å². The zero-order valence-electron chi connectivity index (χ0n) is 10.2. The normalized spacial score (nSPS) is 10.3. The number of nitrogens with zero attached hydrogens (tertiary/aromatic N) is 2. The van der Waals surface area contributed by atoms with E-state index in [-0.39, 0.29) is 5.91 Å². The molecule has 0 aliphatic heterocycles. The van der Waals surface area contributed by atoms with Gasteiger partial charge in [0.15, 0.2) is 5.69 Å². The maximum atomic E-state index is 12.0. The molecule has 0 bridgehead atoms. The van der Waals surface area contributed by atoms with Crippen molar-refractivity contribution in [3.8, 4) is 0 Å². The quantitative estimate of drug-likeness (QED) is 0.858. The molecular weight excluding hydrogens is 214 g/mol. The number of benzene rings is 1. The summed E-state index contributed by atoms with van der Waals surface area (Å²) in [5, 5.41) is 7.04. The van der Waals surface area contributed by atoms with E-state index in [1.165, 1.54) is 0 Å². The van der Waals surface area contributed by atoms with Crippen molar-refractivity contribution in [1.29, 1.82) is 0 Å². The summed E-state index contributed by atoms with van der Waals surface area (Å²) in [5.74, 6) is -0.169. The smallest absolute Gasteiger partial charge is 0.276 e. The number of amides is 1. The minimum atomic E-state index is -0.169. The van der Waals surface area contributed by atoms with Gasteiger partial charge in [-0.25, -0.2) is 0 Å². The van der Waals surface area contributed by atoms with Gasteiger partial charge >= 0.3 is 0 Å². The molecule has 4 heteroatoms. The van der Waals surface area contributed by atoms with E-state index in [0.717, 1.165) is 16.9 Å². The molecule has 0 unspecified atom stereocenters. The van der Waals surface area contributed by atoms with Crippen LogP contribution in [0, 0.1) is 13.8 Å². The summed E-state index contributed by atoms with van der Waals surface area (Å²) >= 11 is 0. The lowest BCUT2D eigenvalue weighted by Crippen LogP contribution is -2.13. The van der Waals surface area contributed by atoms with Gasteiger partial charge in [0.2, 0.25) is 0 Å². The highest BCUT2D eigenvalue weighted by molar-refractivity contribution is 6.03. The van der Waals surface area contributed by atoms with Gasteiger partial charge in [0.05, 0.1) is 0 Å². The van der Waals surface area contributed by atoms with Crippen LogP contribution >= 0.6 is 0 Å². The van der Waals surface area contributed by atoms with Crippen LogP contribution in [0.15, 0.2) is 30.3 Å². The summed E-state index contributed by atoms with van der Waals surface area (Å²) in [7, 11) is 1.83. The zero-order chi connectivity index (χ0) is 12.4. The van der Waals surface area contributed by atoms with Crippen LogP contribution in [-0.2, 0) is 7.05 Å². The molecular formula is C13H15N3O. The van der Waals surface area contributed by atoms with E-state index in [2.05, 4.69) is 10.4 Å². The number of hydrogen-bond donors (Lipinski definition) is 1. The first-order chi connectivity index (χ1) is 8.09. The number of anilines is 1. The number of hydrogen-bond acceptors (Lipinski definition) is 2. The summed E-state index contributed by atoms with van der Waals surface area (Å²) in [5.41, 5.74) is 3.18. The molecule has 4 nitrogen and oxygen atoms in total. The molecule has 1 heterocycles. The average Bonchev–Trinajstić information content (AvgIpc) is 2.58. The number of para-hydroxylation sites is 1. The zero-order valence-corrected chi connectivity index (χ0v) is 10.2. The Morgan fingerprint density at radius 1 is 1.24 bits per heavy atom. The monoisotopic (exact) mass is 229 g/mol. The lowest BCUT2D eigenvalue weighted by atomic mass is 10.2. The molecule has 0 saturated carbocycles. The van der Waals surface area contributed by atoms with Crippen molar-refractivity contribution in [2.24, 2.45) is 7.05 Å². The summed E-state index contributed by atoms with van der Waals surface area (Å²) in [6.45, 7) is 3.85. The molecule has 1 N–H and O–H groups in total. The Morgan fingerprint density at radius 2 is 1.88 bits per heavy atom. The summed E-state index contributed by atoms with van der Waals surface area (Å²) in [6.07, 6.45) is 0. The SMILES string of the molecule is Cc1c(C(=O)Nc2ccccc2)nn(C)c1C. The maximum Gasteiger partial charge on any atom is 0.276 e. The second kappa shape index (κ2) is 4.41. The van der Waals surface area contributed by atoms with E-state index in [0.29, 0.717) is 5.69 Å². The lowest BCUT2D eigenvalue weighted by molar-refractivity contribution is 0.102. The predicted molar refractivity (Wildman–Crippen MR) is 67.1 cm³/mol. The highest BCUT2D eigenvalue weighted by Crippen LogP contribution is 2.13. The number of carbonyl (C=O) groups excluding carboxylic acids is 1. The fourth-order valence-corrected chi connectivity index (χ4v) is 1.64. The third-order valence-electron chi connectivity index (χ3n) is 2.88. The molecule has 88 valence electrons. The molecule has 0 spiro atoms. The van der Waals surface area contributed by atoms with Crippen molar-refractivity contribution in [3.63, 3.8) is 0 Å². The Kier molecular flexibility index (Phi) is 2.95. The number of nitrogens with one attached hydrogen (secondary N) is 1. The molecule has 2 aromatic rings. The van der Waals surface area contributed by atoms with Crippen LogP contribution in [-0.4, -0.2) is 15.7 Å². The van der Waals surface area contributed by atoms with Crippen molar-refractivity contribution >= 4 is 11.6 Å². The summed E-state index contributed by atoms with van der Waals surface area (Å²) in [6, 6.07) is 9.37. The Labute approximate surface area is 100 Å². The predicted octanol–water partition coefficient (Wildman–Crippen LogP) is 2.29. The molecule has 1 aromatic heterocycles. The molecule has 0 aliphatic rings. The molecule has 0 fully saturated rings. The fourth-order valence-electron chi connectivity index (χ4n) is 1.64. The van der Waals surface area contributed by atoms with Gasteiger partial charge < -0.3 is 5.32 Å². The molecule has 2 rings (SSSR count). The number of rotatable bonds is 2. The average molecular weight is 229 g/mol. The Morgan fingerprint density at radius 3 is 2.41 bits per heavy atom. The van der Waals surface area contributed by atoms with Crippen LogP contribution in [0.3, 0.4) is 0 Å². The highest BCUT2D eigenvalue weighted by atomic mass is 16.2. The van der Waals surface area contributed by atoms with Crippen LogP contribution in [0.5, 0.6) is 0 Å². The number of aryl methyl sites for hydroxylation is 1. The summed E-state index contributed by atoms with van der Waals surface area (Å²) < 4.78 is 1.72. The minimum absolute atomic E-state index is 0.169. The van der Waals surface area contributed by atoms with E-state index in [9.17, 15) is 4.79 Å². The maximum absolute atomic E-state index is 12.0. The van der Waals surface area contributed by atoms with Gasteiger partial charge in [-0.15, -0.1) is 0 Å². The fraction of sp³-hybridized carbons (Fsp3) is 0.231. The van der Waals surface area contributed by atoms with Crippen LogP contribution < -0.4 is 5.32 Å².